The van der Waals surface area contributed by atoms with E-state index in [0.717, 1.165) is 5.56 Å². The highest BCUT2D eigenvalue weighted by Crippen LogP contribution is 2.26. The lowest BCUT2D eigenvalue weighted by Gasteiger charge is -2.16. The van der Waals surface area contributed by atoms with Crippen molar-refractivity contribution in [2.45, 2.75) is 25.1 Å². The molecular formula is C18H17FN2O3S. The van der Waals surface area contributed by atoms with Crippen molar-refractivity contribution in [2.24, 2.45) is 0 Å². The normalized spacial score (nSPS) is 17.0. The van der Waals surface area contributed by atoms with Gasteiger partial charge >= 0.3 is 0 Å². The number of carbonyl (C=O) groups is 2. The summed E-state index contributed by atoms with van der Waals surface area (Å²) < 4.78 is 18.4. The minimum Gasteiger partial charge on any atom is -0.439 e. The summed E-state index contributed by atoms with van der Waals surface area (Å²) in [6.45, 7) is 2.54. The van der Waals surface area contributed by atoms with E-state index in [2.05, 4.69) is 4.98 Å². The summed E-state index contributed by atoms with van der Waals surface area (Å²) in [7, 11) is 0. The van der Waals surface area contributed by atoms with Crippen molar-refractivity contribution in [3.63, 3.8) is 0 Å². The van der Waals surface area contributed by atoms with Gasteiger partial charge in [-0.15, -0.1) is 0 Å². The lowest BCUT2D eigenvalue weighted by atomic mass is 10.2. The number of pyridine rings is 1. The van der Waals surface area contributed by atoms with E-state index in [1.165, 1.54) is 43.0 Å². The number of carbonyl (C=O) groups excluding carboxylic acids is 2. The first-order chi connectivity index (χ1) is 12.0. The molecule has 1 aromatic heterocycles. The standard InChI is InChI=1S/C18H17FN2O3S/c1-12(22)25-16-8-18(23)21(11-16)10-13-2-7-17(20-9-13)24-15-5-3-14(19)4-6-15/h2-7,9,16H,8,10-11H2,1H3/t16-/m1/s1. The predicted octanol–water partition coefficient (Wildman–Crippen LogP) is 3.39. The second-order valence-electron chi connectivity index (χ2n) is 5.77. The molecule has 1 atom stereocenters. The third-order valence-corrected chi connectivity index (χ3v) is 4.70. The molecular weight excluding hydrogens is 343 g/mol. The molecule has 1 aliphatic rings. The van der Waals surface area contributed by atoms with E-state index < -0.39 is 0 Å². The largest absolute Gasteiger partial charge is 0.439 e. The van der Waals surface area contributed by atoms with E-state index in [0.29, 0.717) is 31.1 Å². The lowest BCUT2D eigenvalue weighted by molar-refractivity contribution is -0.128. The van der Waals surface area contributed by atoms with Crippen LogP contribution in [-0.4, -0.2) is 32.7 Å². The van der Waals surface area contributed by atoms with Crippen molar-refractivity contribution >= 4 is 22.8 Å². The van der Waals surface area contributed by atoms with Gasteiger partial charge in [0.25, 0.3) is 0 Å². The van der Waals surface area contributed by atoms with Gasteiger partial charge in [-0.25, -0.2) is 9.37 Å². The quantitative estimate of drug-likeness (QED) is 0.818. The van der Waals surface area contributed by atoms with Crippen LogP contribution in [0.4, 0.5) is 4.39 Å². The van der Waals surface area contributed by atoms with E-state index in [4.69, 9.17) is 4.74 Å². The highest BCUT2D eigenvalue weighted by Gasteiger charge is 2.30. The number of aromatic nitrogens is 1. The van der Waals surface area contributed by atoms with Crippen LogP contribution in [0.5, 0.6) is 11.6 Å². The fourth-order valence-electron chi connectivity index (χ4n) is 2.61. The Hall–Kier alpha value is -2.41. The van der Waals surface area contributed by atoms with Gasteiger partial charge in [-0.1, -0.05) is 17.8 Å². The first kappa shape index (κ1) is 17.4. The highest BCUT2D eigenvalue weighted by atomic mass is 32.2. The molecule has 0 bridgehead atoms. The second kappa shape index (κ2) is 7.65. The number of amides is 1. The Morgan fingerprint density at radius 1 is 1.32 bits per heavy atom. The Balaban J connectivity index is 1.58. The van der Waals surface area contributed by atoms with Crippen LogP contribution in [0.15, 0.2) is 42.6 Å². The van der Waals surface area contributed by atoms with Crippen LogP contribution in [0, 0.1) is 5.82 Å². The monoisotopic (exact) mass is 360 g/mol. The summed E-state index contributed by atoms with van der Waals surface area (Å²) in [5.41, 5.74) is 0.883. The van der Waals surface area contributed by atoms with Crippen molar-refractivity contribution < 1.29 is 18.7 Å². The first-order valence-electron chi connectivity index (χ1n) is 7.83. The molecule has 130 valence electrons. The topological polar surface area (TPSA) is 59.5 Å². The van der Waals surface area contributed by atoms with Gasteiger partial charge in [0.1, 0.15) is 11.6 Å². The number of likely N-dealkylation sites (tertiary alicyclic amines) is 1. The first-order valence-corrected chi connectivity index (χ1v) is 8.71. The van der Waals surface area contributed by atoms with Gasteiger partial charge in [0.2, 0.25) is 11.8 Å². The summed E-state index contributed by atoms with van der Waals surface area (Å²) in [6, 6.07) is 9.24. The average molecular weight is 360 g/mol. The van der Waals surface area contributed by atoms with Gasteiger partial charge in [0, 0.05) is 43.9 Å². The van der Waals surface area contributed by atoms with Crippen LogP contribution < -0.4 is 4.74 Å². The van der Waals surface area contributed by atoms with Gasteiger partial charge in [-0.2, -0.15) is 0 Å². The molecule has 7 heteroatoms. The zero-order valence-electron chi connectivity index (χ0n) is 13.6. The summed E-state index contributed by atoms with van der Waals surface area (Å²) in [6.07, 6.45) is 2.04. The average Bonchev–Trinajstić information content (AvgIpc) is 2.90. The molecule has 2 aromatic rings. The van der Waals surface area contributed by atoms with E-state index in [1.54, 1.807) is 17.2 Å². The third-order valence-electron chi connectivity index (χ3n) is 3.72. The number of halogens is 1. The predicted molar refractivity (Wildman–Crippen MR) is 92.8 cm³/mol. The maximum Gasteiger partial charge on any atom is 0.224 e. The third kappa shape index (κ3) is 4.79. The molecule has 25 heavy (non-hydrogen) atoms. The smallest absolute Gasteiger partial charge is 0.224 e. The van der Waals surface area contributed by atoms with Crippen molar-refractivity contribution in [1.29, 1.82) is 0 Å². The Bertz CT molecular complexity index is 765. The maximum absolute atomic E-state index is 12.9. The second-order valence-corrected chi connectivity index (χ2v) is 7.25. The summed E-state index contributed by atoms with van der Waals surface area (Å²) in [5, 5.41) is 0.0580. The highest BCUT2D eigenvalue weighted by molar-refractivity contribution is 8.14. The van der Waals surface area contributed by atoms with Gasteiger partial charge in [0.05, 0.1) is 0 Å². The van der Waals surface area contributed by atoms with Crippen LogP contribution in [0.25, 0.3) is 0 Å². The van der Waals surface area contributed by atoms with Gasteiger partial charge in [-0.3, -0.25) is 9.59 Å². The van der Waals surface area contributed by atoms with Crippen molar-refractivity contribution in [2.75, 3.05) is 6.54 Å². The molecule has 1 saturated heterocycles. The molecule has 3 rings (SSSR count). The summed E-state index contributed by atoms with van der Waals surface area (Å²) in [4.78, 5) is 29.1. The van der Waals surface area contributed by atoms with Crippen molar-refractivity contribution in [1.82, 2.24) is 9.88 Å². The number of rotatable bonds is 5. The number of hydrogen-bond donors (Lipinski definition) is 0. The molecule has 1 aliphatic heterocycles. The molecule has 0 unspecified atom stereocenters. The van der Waals surface area contributed by atoms with Crippen LogP contribution in [0.2, 0.25) is 0 Å². The Morgan fingerprint density at radius 2 is 2.08 bits per heavy atom. The minimum absolute atomic E-state index is 0.0269. The van der Waals surface area contributed by atoms with Gasteiger partial charge in [-0.05, 0) is 29.8 Å². The number of hydrogen-bond acceptors (Lipinski definition) is 5. The number of benzene rings is 1. The summed E-state index contributed by atoms with van der Waals surface area (Å²) in [5.74, 6) is 0.617. The number of thioether (sulfide) groups is 1. The molecule has 5 nitrogen and oxygen atoms in total. The number of ether oxygens (including phenoxy) is 1. The molecule has 2 heterocycles. The van der Waals surface area contributed by atoms with Crippen LogP contribution in [-0.2, 0) is 16.1 Å². The molecule has 0 radical (unpaired) electrons. The van der Waals surface area contributed by atoms with Gasteiger partial charge in [0.15, 0.2) is 5.12 Å². The zero-order chi connectivity index (χ0) is 17.8. The fraction of sp³-hybridized carbons (Fsp3) is 0.278. The zero-order valence-corrected chi connectivity index (χ0v) is 14.5. The molecule has 0 aliphatic carbocycles. The molecule has 1 amide bonds. The van der Waals surface area contributed by atoms with Crippen molar-refractivity contribution in [3.8, 4) is 11.6 Å². The minimum atomic E-state index is -0.327. The van der Waals surface area contributed by atoms with E-state index >= 15 is 0 Å². The van der Waals surface area contributed by atoms with E-state index in [-0.39, 0.29) is 22.1 Å². The molecule has 1 aromatic carbocycles. The number of nitrogens with zero attached hydrogens (tertiary/aromatic N) is 2. The molecule has 1 fully saturated rings. The molecule has 0 spiro atoms. The molecule has 0 saturated carbocycles. The van der Waals surface area contributed by atoms with E-state index in [1.807, 2.05) is 6.07 Å². The van der Waals surface area contributed by atoms with Crippen LogP contribution >= 0.6 is 11.8 Å². The maximum atomic E-state index is 12.9. The van der Waals surface area contributed by atoms with Crippen molar-refractivity contribution in [3.05, 3.63) is 54.0 Å². The Kier molecular flexibility index (Phi) is 5.33. The summed E-state index contributed by atoms with van der Waals surface area (Å²) >= 11 is 1.22. The lowest BCUT2D eigenvalue weighted by Crippen LogP contribution is -2.25. The Morgan fingerprint density at radius 3 is 2.72 bits per heavy atom. The van der Waals surface area contributed by atoms with Gasteiger partial charge < -0.3 is 9.64 Å². The van der Waals surface area contributed by atoms with E-state index in [9.17, 15) is 14.0 Å². The fourth-order valence-corrected chi connectivity index (χ4v) is 3.56. The Labute approximate surface area is 149 Å². The van der Waals surface area contributed by atoms with Crippen LogP contribution in [0.3, 0.4) is 0 Å². The molecule has 0 N–H and O–H groups in total. The van der Waals surface area contributed by atoms with Crippen LogP contribution in [0.1, 0.15) is 18.9 Å². The SMILES string of the molecule is CC(=O)S[C@@H]1CC(=O)N(Cc2ccc(Oc3ccc(F)cc3)nc2)C1.